The topological polar surface area (TPSA) is 49.4 Å². The van der Waals surface area contributed by atoms with Crippen molar-refractivity contribution in [2.24, 2.45) is 0 Å². The molecular weight excluding hydrogens is 284 g/mol. The van der Waals surface area contributed by atoms with Gasteiger partial charge < -0.3 is 10.2 Å². The number of rotatable bonds is 6. The molecular formula is C16H18N2O2S. The summed E-state index contributed by atoms with van der Waals surface area (Å²) in [6.07, 6.45) is 0. The van der Waals surface area contributed by atoms with Crippen molar-refractivity contribution in [1.29, 1.82) is 0 Å². The van der Waals surface area contributed by atoms with Crippen LogP contribution in [0, 0.1) is 0 Å². The molecule has 1 N–H and O–H groups in total. The highest BCUT2D eigenvalue weighted by molar-refractivity contribution is 7.09. The minimum atomic E-state index is -0.144. The highest BCUT2D eigenvalue weighted by atomic mass is 32.1. The Kier molecular flexibility index (Phi) is 5.51. The van der Waals surface area contributed by atoms with Gasteiger partial charge in [0.15, 0.2) is 0 Å². The molecule has 2 rings (SSSR count). The van der Waals surface area contributed by atoms with E-state index in [1.54, 1.807) is 28.4 Å². The van der Waals surface area contributed by atoms with Crippen LogP contribution >= 0.6 is 11.3 Å². The molecule has 0 spiro atoms. The molecule has 0 aliphatic carbocycles. The molecule has 110 valence electrons. The van der Waals surface area contributed by atoms with Gasteiger partial charge in [-0.15, -0.1) is 11.3 Å². The van der Waals surface area contributed by atoms with Gasteiger partial charge in [-0.05, 0) is 30.5 Å². The minimum Gasteiger partial charge on any atom is -0.350 e. The fourth-order valence-corrected chi connectivity index (χ4v) is 2.56. The van der Waals surface area contributed by atoms with Gasteiger partial charge >= 0.3 is 0 Å². The van der Waals surface area contributed by atoms with Crippen molar-refractivity contribution in [3.8, 4) is 0 Å². The van der Waals surface area contributed by atoms with Crippen LogP contribution in [0.1, 0.15) is 22.2 Å². The summed E-state index contributed by atoms with van der Waals surface area (Å²) in [6.45, 7) is 2.96. The van der Waals surface area contributed by atoms with E-state index in [4.69, 9.17) is 0 Å². The third-order valence-corrected chi connectivity index (χ3v) is 3.94. The van der Waals surface area contributed by atoms with Crippen LogP contribution in [0.3, 0.4) is 0 Å². The van der Waals surface area contributed by atoms with E-state index in [1.807, 2.05) is 42.6 Å². The highest BCUT2D eigenvalue weighted by Gasteiger charge is 2.16. The number of nitrogens with one attached hydrogen (secondary N) is 1. The molecule has 0 atom stereocenters. The van der Waals surface area contributed by atoms with Crippen molar-refractivity contribution in [3.05, 3.63) is 58.3 Å². The van der Waals surface area contributed by atoms with Crippen molar-refractivity contribution >= 4 is 23.2 Å². The summed E-state index contributed by atoms with van der Waals surface area (Å²) in [5.74, 6) is -0.265. The molecule has 21 heavy (non-hydrogen) atoms. The zero-order valence-corrected chi connectivity index (χ0v) is 12.7. The number of carbonyl (C=O) groups is 2. The van der Waals surface area contributed by atoms with Gasteiger partial charge in [0.25, 0.3) is 5.91 Å². The van der Waals surface area contributed by atoms with Gasteiger partial charge in [0.1, 0.15) is 0 Å². The van der Waals surface area contributed by atoms with Crippen LogP contribution in [0.4, 0.5) is 0 Å². The van der Waals surface area contributed by atoms with Gasteiger partial charge in [0, 0.05) is 17.0 Å². The van der Waals surface area contributed by atoms with Gasteiger partial charge in [-0.2, -0.15) is 0 Å². The van der Waals surface area contributed by atoms with E-state index in [9.17, 15) is 9.59 Å². The van der Waals surface area contributed by atoms with E-state index in [1.165, 1.54) is 0 Å². The molecule has 0 aliphatic heterocycles. The van der Waals surface area contributed by atoms with Gasteiger partial charge in [0.05, 0.1) is 13.1 Å². The Balaban J connectivity index is 1.89. The molecule has 0 fully saturated rings. The number of thiophene rings is 1. The summed E-state index contributed by atoms with van der Waals surface area (Å²) in [7, 11) is 0. The molecule has 2 aromatic rings. The smallest absolute Gasteiger partial charge is 0.254 e. The molecule has 0 saturated carbocycles. The Morgan fingerprint density at radius 3 is 2.52 bits per heavy atom. The van der Waals surface area contributed by atoms with Crippen LogP contribution in [0.15, 0.2) is 47.8 Å². The SMILES string of the molecule is CCN(CC(=O)NCc1cccs1)C(=O)c1ccccc1. The molecule has 4 nitrogen and oxygen atoms in total. The van der Waals surface area contributed by atoms with Crippen LogP contribution in [-0.2, 0) is 11.3 Å². The van der Waals surface area contributed by atoms with E-state index in [0.717, 1.165) is 4.88 Å². The number of carbonyl (C=O) groups excluding carboxylic acids is 2. The first kappa shape index (κ1) is 15.3. The molecule has 0 saturated heterocycles. The van der Waals surface area contributed by atoms with Crippen molar-refractivity contribution in [2.45, 2.75) is 13.5 Å². The minimum absolute atomic E-state index is 0.0790. The number of nitrogens with zero attached hydrogens (tertiary/aromatic N) is 1. The summed E-state index contributed by atoms with van der Waals surface area (Å²) in [5, 5.41) is 4.80. The van der Waals surface area contributed by atoms with Gasteiger partial charge in [-0.1, -0.05) is 24.3 Å². The van der Waals surface area contributed by atoms with Gasteiger partial charge in [-0.25, -0.2) is 0 Å². The Hall–Kier alpha value is -2.14. The second kappa shape index (κ2) is 7.59. The lowest BCUT2D eigenvalue weighted by atomic mass is 10.2. The summed E-state index contributed by atoms with van der Waals surface area (Å²) in [6, 6.07) is 12.9. The van der Waals surface area contributed by atoms with Crippen LogP contribution in [0.5, 0.6) is 0 Å². The zero-order valence-electron chi connectivity index (χ0n) is 11.9. The Labute approximate surface area is 128 Å². The average molecular weight is 302 g/mol. The first-order valence-corrected chi connectivity index (χ1v) is 7.72. The van der Waals surface area contributed by atoms with E-state index >= 15 is 0 Å². The molecule has 1 aromatic carbocycles. The van der Waals surface area contributed by atoms with Gasteiger partial charge in [-0.3, -0.25) is 9.59 Å². The standard InChI is InChI=1S/C16H18N2O2S/c1-2-18(16(20)13-7-4-3-5-8-13)12-15(19)17-11-14-9-6-10-21-14/h3-10H,2,11-12H2,1H3,(H,17,19). The summed E-state index contributed by atoms with van der Waals surface area (Å²) in [5.41, 5.74) is 0.602. The third kappa shape index (κ3) is 4.43. The van der Waals surface area contributed by atoms with Crippen molar-refractivity contribution in [1.82, 2.24) is 10.2 Å². The quantitative estimate of drug-likeness (QED) is 0.891. The first-order chi connectivity index (χ1) is 10.2. The van der Waals surface area contributed by atoms with E-state index in [2.05, 4.69) is 5.32 Å². The number of likely N-dealkylation sites (N-methyl/N-ethyl adjacent to an activating group) is 1. The first-order valence-electron chi connectivity index (χ1n) is 6.84. The molecule has 1 aromatic heterocycles. The third-order valence-electron chi connectivity index (χ3n) is 3.06. The monoisotopic (exact) mass is 302 g/mol. The van der Waals surface area contributed by atoms with E-state index in [-0.39, 0.29) is 18.4 Å². The van der Waals surface area contributed by atoms with Crippen molar-refractivity contribution < 1.29 is 9.59 Å². The van der Waals surface area contributed by atoms with Gasteiger partial charge in [0.2, 0.25) is 5.91 Å². The number of amides is 2. The lowest BCUT2D eigenvalue weighted by Gasteiger charge is -2.20. The second-order valence-electron chi connectivity index (χ2n) is 4.54. The number of benzene rings is 1. The molecule has 2 amide bonds. The molecule has 5 heteroatoms. The second-order valence-corrected chi connectivity index (χ2v) is 5.57. The lowest BCUT2D eigenvalue weighted by molar-refractivity contribution is -0.121. The summed E-state index contributed by atoms with van der Waals surface area (Å²) < 4.78 is 0. The molecule has 0 bridgehead atoms. The van der Waals surface area contributed by atoms with Crippen LogP contribution < -0.4 is 5.32 Å². The molecule has 1 heterocycles. The normalized spacial score (nSPS) is 10.1. The van der Waals surface area contributed by atoms with Crippen LogP contribution in [0.2, 0.25) is 0 Å². The Morgan fingerprint density at radius 2 is 1.90 bits per heavy atom. The van der Waals surface area contributed by atoms with Crippen molar-refractivity contribution in [2.75, 3.05) is 13.1 Å². The predicted octanol–water partition coefficient (Wildman–Crippen LogP) is 2.53. The number of hydrogen-bond donors (Lipinski definition) is 1. The fourth-order valence-electron chi connectivity index (χ4n) is 1.92. The predicted molar refractivity (Wildman–Crippen MR) is 84.2 cm³/mol. The Morgan fingerprint density at radius 1 is 1.14 bits per heavy atom. The lowest BCUT2D eigenvalue weighted by Crippen LogP contribution is -2.40. The highest BCUT2D eigenvalue weighted by Crippen LogP contribution is 2.08. The molecule has 0 unspecified atom stereocenters. The maximum absolute atomic E-state index is 12.3. The van der Waals surface area contributed by atoms with Crippen LogP contribution in [0.25, 0.3) is 0 Å². The molecule has 0 radical (unpaired) electrons. The largest absolute Gasteiger partial charge is 0.350 e. The summed E-state index contributed by atoms with van der Waals surface area (Å²) >= 11 is 1.60. The fraction of sp³-hybridized carbons (Fsp3) is 0.250. The molecule has 0 aliphatic rings. The summed E-state index contributed by atoms with van der Waals surface area (Å²) in [4.78, 5) is 26.9. The Bertz CT molecular complexity index is 582. The maximum atomic E-state index is 12.3. The average Bonchev–Trinajstić information content (AvgIpc) is 3.04. The van der Waals surface area contributed by atoms with E-state index < -0.39 is 0 Å². The van der Waals surface area contributed by atoms with Crippen molar-refractivity contribution in [3.63, 3.8) is 0 Å². The van der Waals surface area contributed by atoms with E-state index in [0.29, 0.717) is 18.7 Å². The maximum Gasteiger partial charge on any atom is 0.254 e. The zero-order chi connectivity index (χ0) is 15.1. The van der Waals surface area contributed by atoms with Crippen LogP contribution in [-0.4, -0.2) is 29.8 Å². The number of hydrogen-bond acceptors (Lipinski definition) is 3.